The van der Waals surface area contributed by atoms with Crippen LogP contribution in [0, 0.1) is 17.6 Å². The summed E-state index contributed by atoms with van der Waals surface area (Å²) in [5, 5.41) is 6.46. The van der Waals surface area contributed by atoms with Crippen molar-refractivity contribution in [2.75, 3.05) is 33.2 Å². The molecule has 0 saturated carbocycles. The van der Waals surface area contributed by atoms with Crippen LogP contribution in [0.2, 0.25) is 0 Å². The predicted octanol–water partition coefficient (Wildman–Crippen LogP) is 2.36. The molecule has 23 heavy (non-hydrogen) atoms. The minimum atomic E-state index is -0.444. The molecule has 0 radical (unpaired) electrons. The third-order valence-electron chi connectivity index (χ3n) is 4.16. The van der Waals surface area contributed by atoms with E-state index in [1.165, 1.54) is 18.9 Å². The topological polar surface area (TPSA) is 39.7 Å². The highest BCUT2D eigenvalue weighted by molar-refractivity contribution is 5.79. The summed E-state index contributed by atoms with van der Waals surface area (Å²) in [6.07, 6.45) is 2.34. The molecule has 1 heterocycles. The molecular formula is C17H26F2N4. The van der Waals surface area contributed by atoms with Gasteiger partial charge in [0, 0.05) is 18.7 Å². The highest BCUT2D eigenvalue weighted by Crippen LogP contribution is 2.14. The zero-order valence-electron chi connectivity index (χ0n) is 13.9. The van der Waals surface area contributed by atoms with Gasteiger partial charge in [0.05, 0.1) is 6.54 Å². The number of guanidine groups is 1. The van der Waals surface area contributed by atoms with Crippen molar-refractivity contribution in [3.63, 3.8) is 0 Å². The standard InChI is InChI=1S/C17H26F2N4/c1-3-20-17(21-11-13-6-8-23(2)9-7-13)22-12-14-10-15(18)4-5-16(14)19/h4-5,10,13H,3,6-9,11-12H2,1-2H3,(H2,20,21,22). The van der Waals surface area contributed by atoms with Gasteiger partial charge in [0.15, 0.2) is 5.96 Å². The Morgan fingerprint density at radius 3 is 2.70 bits per heavy atom. The van der Waals surface area contributed by atoms with Crippen molar-refractivity contribution < 1.29 is 8.78 Å². The summed E-state index contributed by atoms with van der Waals surface area (Å²) in [6.45, 7) is 5.92. The molecule has 0 bridgehead atoms. The molecule has 0 unspecified atom stereocenters. The summed E-state index contributed by atoms with van der Waals surface area (Å²) in [6, 6.07) is 3.45. The lowest BCUT2D eigenvalue weighted by molar-refractivity contribution is 0.220. The van der Waals surface area contributed by atoms with Crippen LogP contribution in [-0.4, -0.2) is 44.1 Å². The Bertz CT molecular complexity index is 525. The predicted molar refractivity (Wildman–Crippen MR) is 89.4 cm³/mol. The van der Waals surface area contributed by atoms with E-state index in [-0.39, 0.29) is 12.1 Å². The molecular weight excluding hydrogens is 298 g/mol. The van der Waals surface area contributed by atoms with Crippen LogP contribution in [0.4, 0.5) is 8.78 Å². The molecule has 1 fully saturated rings. The summed E-state index contributed by atoms with van der Waals surface area (Å²) in [7, 11) is 2.14. The maximum Gasteiger partial charge on any atom is 0.191 e. The molecule has 1 aromatic rings. The molecule has 4 nitrogen and oxygen atoms in total. The molecule has 0 aliphatic carbocycles. The van der Waals surface area contributed by atoms with Gasteiger partial charge in [-0.25, -0.2) is 13.8 Å². The van der Waals surface area contributed by atoms with E-state index in [1.807, 2.05) is 6.92 Å². The molecule has 0 atom stereocenters. The van der Waals surface area contributed by atoms with Crippen molar-refractivity contribution >= 4 is 5.96 Å². The number of halogens is 2. The van der Waals surface area contributed by atoms with Crippen LogP contribution in [0.5, 0.6) is 0 Å². The second kappa shape index (κ2) is 8.82. The second-order valence-electron chi connectivity index (χ2n) is 6.06. The van der Waals surface area contributed by atoms with E-state index in [0.717, 1.165) is 38.3 Å². The van der Waals surface area contributed by atoms with Gasteiger partial charge in [-0.1, -0.05) is 0 Å². The van der Waals surface area contributed by atoms with Crippen molar-refractivity contribution in [3.8, 4) is 0 Å². The van der Waals surface area contributed by atoms with Gasteiger partial charge in [-0.05, 0) is 64.0 Å². The summed E-state index contributed by atoms with van der Waals surface area (Å²) in [5.41, 5.74) is 0.265. The molecule has 0 amide bonds. The van der Waals surface area contributed by atoms with Crippen LogP contribution in [0.1, 0.15) is 25.3 Å². The normalized spacial score (nSPS) is 17.3. The first-order valence-corrected chi connectivity index (χ1v) is 8.23. The number of rotatable bonds is 5. The first-order valence-electron chi connectivity index (χ1n) is 8.23. The van der Waals surface area contributed by atoms with Gasteiger partial charge in [0.25, 0.3) is 0 Å². The van der Waals surface area contributed by atoms with Crippen LogP contribution in [0.25, 0.3) is 0 Å². The maximum absolute atomic E-state index is 13.6. The van der Waals surface area contributed by atoms with Gasteiger partial charge >= 0.3 is 0 Å². The average Bonchev–Trinajstić information content (AvgIpc) is 2.54. The fourth-order valence-corrected chi connectivity index (χ4v) is 2.68. The van der Waals surface area contributed by atoms with E-state index in [4.69, 9.17) is 0 Å². The van der Waals surface area contributed by atoms with E-state index in [9.17, 15) is 8.78 Å². The Kier molecular flexibility index (Phi) is 6.77. The van der Waals surface area contributed by atoms with Crippen LogP contribution in [0.3, 0.4) is 0 Å². The third-order valence-corrected chi connectivity index (χ3v) is 4.16. The smallest absolute Gasteiger partial charge is 0.191 e. The lowest BCUT2D eigenvalue weighted by atomic mass is 9.97. The van der Waals surface area contributed by atoms with Crippen molar-refractivity contribution in [3.05, 3.63) is 35.4 Å². The summed E-state index contributed by atoms with van der Waals surface area (Å²) < 4.78 is 26.8. The monoisotopic (exact) mass is 324 g/mol. The number of hydrogen-bond acceptors (Lipinski definition) is 2. The van der Waals surface area contributed by atoms with Crippen molar-refractivity contribution in [2.45, 2.75) is 26.3 Å². The molecule has 1 aliphatic heterocycles. The van der Waals surface area contributed by atoms with E-state index >= 15 is 0 Å². The van der Waals surface area contributed by atoms with Gasteiger partial charge in [-0.2, -0.15) is 0 Å². The number of piperidine rings is 1. The lowest BCUT2D eigenvalue weighted by Gasteiger charge is -2.29. The quantitative estimate of drug-likeness (QED) is 0.645. The molecule has 2 N–H and O–H groups in total. The number of likely N-dealkylation sites (tertiary alicyclic amines) is 1. The fraction of sp³-hybridized carbons (Fsp3) is 0.588. The molecule has 128 valence electrons. The molecule has 1 aliphatic rings. The number of nitrogens with zero attached hydrogens (tertiary/aromatic N) is 2. The van der Waals surface area contributed by atoms with Crippen LogP contribution < -0.4 is 10.6 Å². The van der Waals surface area contributed by atoms with E-state index in [0.29, 0.717) is 11.9 Å². The Hall–Kier alpha value is -1.69. The summed E-state index contributed by atoms with van der Waals surface area (Å²) in [4.78, 5) is 6.70. The van der Waals surface area contributed by atoms with Gasteiger partial charge in [-0.3, -0.25) is 0 Å². The first-order chi connectivity index (χ1) is 11.1. The highest BCUT2D eigenvalue weighted by atomic mass is 19.1. The molecule has 2 rings (SSSR count). The summed E-state index contributed by atoms with van der Waals surface area (Å²) >= 11 is 0. The number of nitrogens with one attached hydrogen (secondary N) is 2. The Morgan fingerprint density at radius 2 is 2.00 bits per heavy atom. The molecule has 6 heteroatoms. The Labute approximate surface area is 137 Å². The lowest BCUT2D eigenvalue weighted by Crippen LogP contribution is -2.42. The largest absolute Gasteiger partial charge is 0.357 e. The molecule has 0 aromatic heterocycles. The van der Waals surface area contributed by atoms with E-state index in [1.54, 1.807) is 0 Å². The van der Waals surface area contributed by atoms with Crippen molar-refractivity contribution in [1.29, 1.82) is 0 Å². The molecule has 1 aromatic carbocycles. The minimum Gasteiger partial charge on any atom is -0.357 e. The second-order valence-corrected chi connectivity index (χ2v) is 6.06. The average molecular weight is 324 g/mol. The van der Waals surface area contributed by atoms with Crippen LogP contribution in [-0.2, 0) is 6.54 Å². The minimum absolute atomic E-state index is 0.117. The Balaban J connectivity index is 1.90. The van der Waals surface area contributed by atoms with Crippen LogP contribution in [0.15, 0.2) is 23.2 Å². The van der Waals surface area contributed by atoms with Crippen molar-refractivity contribution in [2.24, 2.45) is 10.9 Å². The summed E-state index contributed by atoms with van der Waals surface area (Å²) in [5.74, 6) is 0.401. The molecule has 0 spiro atoms. The van der Waals surface area contributed by atoms with Gasteiger partial charge in [-0.15, -0.1) is 0 Å². The number of benzene rings is 1. The number of hydrogen-bond donors (Lipinski definition) is 2. The number of aliphatic imine (C=N–C) groups is 1. The van der Waals surface area contributed by atoms with Gasteiger partial charge in [0.1, 0.15) is 11.6 Å². The van der Waals surface area contributed by atoms with Crippen LogP contribution >= 0.6 is 0 Å². The highest BCUT2D eigenvalue weighted by Gasteiger charge is 2.16. The zero-order valence-corrected chi connectivity index (χ0v) is 13.9. The van der Waals surface area contributed by atoms with E-state index in [2.05, 4.69) is 27.6 Å². The van der Waals surface area contributed by atoms with Crippen molar-refractivity contribution in [1.82, 2.24) is 15.5 Å². The fourth-order valence-electron chi connectivity index (χ4n) is 2.68. The maximum atomic E-state index is 13.6. The van der Waals surface area contributed by atoms with E-state index < -0.39 is 11.6 Å². The Morgan fingerprint density at radius 1 is 1.26 bits per heavy atom. The zero-order chi connectivity index (χ0) is 16.7. The van der Waals surface area contributed by atoms with Gasteiger partial charge in [0.2, 0.25) is 0 Å². The molecule has 1 saturated heterocycles. The third kappa shape index (κ3) is 5.78. The first kappa shape index (κ1) is 17.7. The SMILES string of the molecule is CCNC(=NCc1cc(F)ccc1F)NCC1CCN(C)CC1. The van der Waals surface area contributed by atoms with Gasteiger partial charge < -0.3 is 15.5 Å².